The topological polar surface area (TPSA) is 63.3 Å². The van der Waals surface area contributed by atoms with Crippen molar-refractivity contribution in [2.45, 2.75) is 32.7 Å². The fourth-order valence-electron chi connectivity index (χ4n) is 1.64. The number of carboxylic acid groups (broad SMARTS) is 1. The van der Waals surface area contributed by atoms with E-state index < -0.39 is 5.97 Å². The van der Waals surface area contributed by atoms with Crippen molar-refractivity contribution in [2.24, 2.45) is 5.73 Å². The maximum atomic E-state index is 10.5. The Hall–Kier alpha value is -0.870. The van der Waals surface area contributed by atoms with E-state index in [0.717, 1.165) is 21.2 Å². The van der Waals surface area contributed by atoms with Gasteiger partial charge in [0.25, 0.3) is 0 Å². The first-order chi connectivity index (χ1) is 7.41. The van der Waals surface area contributed by atoms with E-state index in [9.17, 15) is 4.79 Å². The first-order valence-corrected chi connectivity index (χ1v) is 5.95. The van der Waals surface area contributed by atoms with Crippen molar-refractivity contribution in [2.75, 3.05) is 0 Å². The van der Waals surface area contributed by atoms with Crippen LogP contribution in [0, 0.1) is 13.8 Å². The lowest BCUT2D eigenvalue weighted by molar-refractivity contribution is -0.137. The molecule has 0 radical (unpaired) electrons. The van der Waals surface area contributed by atoms with Gasteiger partial charge in [-0.3, -0.25) is 4.79 Å². The molecule has 16 heavy (non-hydrogen) atoms. The van der Waals surface area contributed by atoms with Crippen molar-refractivity contribution in [3.05, 3.63) is 33.3 Å². The molecule has 0 aliphatic carbocycles. The van der Waals surface area contributed by atoms with Crippen LogP contribution in [0.15, 0.2) is 16.6 Å². The number of benzene rings is 1. The molecule has 0 aliphatic heterocycles. The Balaban J connectivity index is 2.84. The Bertz CT molecular complexity index is 381. The summed E-state index contributed by atoms with van der Waals surface area (Å²) in [6.45, 7) is 4.01. The predicted octanol–water partition coefficient (Wildman–Crippen LogP) is 2.93. The van der Waals surface area contributed by atoms with Gasteiger partial charge in [-0.15, -0.1) is 0 Å². The van der Waals surface area contributed by atoms with Crippen LogP contribution < -0.4 is 5.73 Å². The lowest BCUT2D eigenvalue weighted by Crippen LogP contribution is -2.12. The van der Waals surface area contributed by atoms with E-state index in [-0.39, 0.29) is 12.5 Å². The summed E-state index contributed by atoms with van der Waals surface area (Å²) in [6.07, 6.45) is 0.575. The van der Waals surface area contributed by atoms with Crippen LogP contribution in [0.5, 0.6) is 0 Å². The number of carbonyl (C=O) groups is 1. The van der Waals surface area contributed by atoms with Crippen LogP contribution in [0.1, 0.15) is 35.6 Å². The van der Waals surface area contributed by atoms with Gasteiger partial charge >= 0.3 is 5.97 Å². The molecule has 0 aromatic heterocycles. The van der Waals surface area contributed by atoms with Gasteiger partial charge in [0.05, 0.1) is 0 Å². The van der Waals surface area contributed by atoms with Gasteiger partial charge in [0.2, 0.25) is 0 Å². The molecule has 0 aliphatic rings. The van der Waals surface area contributed by atoms with E-state index in [1.807, 2.05) is 26.0 Å². The summed E-state index contributed by atoms with van der Waals surface area (Å²) in [5, 5.41) is 8.60. The maximum absolute atomic E-state index is 10.5. The minimum absolute atomic E-state index is 0.106. The minimum atomic E-state index is -0.805. The first-order valence-electron chi connectivity index (χ1n) is 5.16. The smallest absolute Gasteiger partial charge is 0.303 e. The van der Waals surface area contributed by atoms with Gasteiger partial charge in [-0.05, 0) is 37.0 Å². The molecule has 1 aromatic rings. The molecule has 1 unspecified atom stereocenters. The molecular formula is C12H16BrNO2. The third-order valence-corrected chi connectivity index (χ3v) is 3.81. The molecule has 1 rings (SSSR count). The summed E-state index contributed by atoms with van der Waals surface area (Å²) < 4.78 is 1.08. The van der Waals surface area contributed by atoms with Gasteiger partial charge in [-0.2, -0.15) is 0 Å². The van der Waals surface area contributed by atoms with Crippen molar-refractivity contribution in [3.8, 4) is 0 Å². The molecule has 3 N–H and O–H groups in total. The second kappa shape index (κ2) is 5.46. The van der Waals surface area contributed by atoms with Crippen molar-refractivity contribution >= 4 is 21.9 Å². The second-order valence-corrected chi connectivity index (χ2v) is 4.80. The first kappa shape index (κ1) is 13.2. The number of halogens is 1. The zero-order valence-corrected chi connectivity index (χ0v) is 11.0. The number of hydrogen-bond donors (Lipinski definition) is 2. The normalized spacial score (nSPS) is 12.5. The Kier molecular flexibility index (Phi) is 4.50. The van der Waals surface area contributed by atoms with Crippen LogP contribution >= 0.6 is 15.9 Å². The van der Waals surface area contributed by atoms with E-state index in [0.29, 0.717) is 6.42 Å². The van der Waals surface area contributed by atoms with Crippen LogP contribution in [0.4, 0.5) is 0 Å². The fraction of sp³-hybridized carbons (Fsp3) is 0.417. The monoisotopic (exact) mass is 285 g/mol. The number of nitrogens with two attached hydrogens (primary N) is 1. The van der Waals surface area contributed by atoms with Gasteiger partial charge in [-0.25, -0.2) is 0 Å². The number of aliphatic carboxylic acids is 1. The van der Waals surface area contributed by atoms with E-state index >= 15 is 0 Å². The van der Waals surface area contributed by atoms with Crippen LogP contribution in [0.2, 0.25) is 0 Å². The Labute approximate surface area is 104 Å². The van der Waals surface area contributed by atoms with E-state index in [1.54, 1.807) is 0 Å². The van der Waals surface area contributed by atoms with Crippen LogP contribution in [-0.4, -0.2) is 11.1 Å². The summed E-state index contributed by atoms with van der Waals surface area (Å²) in [4.78, 5) is 10.5. The molecule has 1 atom stereocenters. The van der Waals surface area contributed by atoms with Crippen LogP contribution in [-0.2, 0) is 4.79 Å². The Morgan fingerprint density at radius 2 is 1.94 bits per heavy atom. The average molecular weight is 286 g/mol. The Morgan fingerprint density at radius 3 is 2.38 bits per heavy atom. The largest absolute Gasteiger partial charge is 0.481 e. The van der Waals surface area contributed by atoms with Crippen LogP contribution in [0.25, 0.3) is 0 Å². The van der Waals surface area contributed by atoms with Gasteiger partial charge in [0.15, 0.2) is 0 Å². The van der Waals surface area contributed by atoms with E-state index in [2.05, 4.69) is 15.9 Å². The summed E-state index contributed by atoms with van der Waals surface area (Å²) >= 11 is 3.49. The van der Waals surface area contributed by atoms with Crippen molar-refractivity contribution < 1.29 is 9.90 Å². The van der Waals surface area contributed by atoms with Gasteiger partial charge < -0.3 is 10.8 Å². The molecule has 0 bridgehead atoms. The maximum Gasteiger partial charge on any atom is 0.303 e. The second-order valence-electron chi connectivity index (χ2n) is 4.01. The fourth-order valence-corrected chi connectivity index (χ4v) is 1.87. The van der Waals surface area contributed by atoms with Crippen molar-refractivity contribution in [3.63, 3.8) is 0 Å². The van der Waals surface area contributed by atoms with Crippen LogP contribution in [0.3, 0.4) is 0 Å². The predicted molar refractivity (Wildman–Crippen MR) is 67.4 cm³/mol. The van der Waals surface area contributed by atoms with Crippen molar-refractivity contribution in [1.82, 2.24) is 0 Å². The zero-order chi connectivity index (χ0) is 12.3. The minimum Gasteiger partial charge on any atom is -0.481 e. The highest BCUT2D eigenvalue weighted by Crippen LogP contribution is 2.26. The molecule has 0 spiro atoms. The molecule has 0 fully saturated rings. The lowest BCUT2D eigenvalue weighted by Gasteiger charge is -2.14. The molecule has 0 heterocycles. The van der Waals surface area contributed by atoms with Gasteiger partial charge in [0.1, 0.15) is 0 Å². The lowest BCUT2D eigenvalue weighted by atomic mass is 9.99. The zero-order valence-electron chi connectivity index (χ0n) is 9.46. The molecule has 88 valence electrons. The average Bonchev–Trinajstić information content (AvgIpc) is 2.21. The highest BCUT2D eigenvalue weighted by atomic mass is 79.9. The molecule has 0 amide bonds. The number of aryl methyl sites for hydroxylation is 2. The van der Waals surface area contributed by atoms with E-state index in [1.165, 1.54) is 0 Å². The third kappa shape index (κ3) is 3.32. The quantitative estimate of drug-likeness (QED) is 0.894. The standard InChI is InChI=1S/C12H16BrNO2/c1-7-5-9(6-8(2)12(7)13)10(14)3-4-11(15)16/h5-6,10H,3-4,14H2,1-2H3,(H,15,16). The third-order valence-electron chi connectivity index (χ3n) is 2.56. The highest BCUT2D eigenvalue weighted by molar-refractivity contribution is 9.10. The molecule has 1 aromatic carbocycles. The van der Waals surface area contributed by atoms with E-state index in [4.69, 9.17) is 10.8 Å². The molecule has 0 saturated carbocycles. The summed E-state index contributed by atoms with van der Waals surface area (Å²) in [5.41, 5.74) is 9.20. The molecular weight excluding hydrogens is 270 g/mol. The van der Waals surface area contributed by atoms with Gasteiger partial charge in [0, 0.05) is 16.9 Å². The van der Waals surface area contributed by atoms with Crippen molar-refractivity contribution in [1.29, 1.82) is 0 Å². The Morgan fingerprint density at radius 1 is 1.44 bits per heavy atom. The SMILES string of the molecule is Cc1cc(C(N)CCC(=O)O)cc(C)c1Br. The summed E-state index contributed by atoms with van der Waals surface area (Å²) in [5.74, 6) is -0.805. The van der Waals surface area contributed by atoms with Gasteiger partial charge in [-0.1, -0.05) is 28.1 Å². The number of carboxylic acids is 1. The molecule has 0 saturated heterocycles. The summed E-state index contributed by atoms with van der Waals surface area (Å²) in [7, 11) is 0. The summed E-state index contributed by atoms with van der Waals surface area (Å²) in [6, 6.07) is 3.80. The molecule has 4 heteroatoms. The number of rotatable bonds is 4. The number of hydrogen-bond acceptors (Lipinski definition) is 2. The highest BCUT2D eigenvalue weighted by Gasteiger charge is 2.11. The molecule has 3 nitrogen and oxygen atoms in total.